The third kappa shape index (κ3) is 2.96. The number of hydrazine groups is 1. The second-order valence-corrected chi connectivity index (χ2v) is 3.70. The van der Waals surface area contributed by atoms with E-state index in [4.69, 9.17) is 5.84 Å². The first-order valence-electron chi connectivity index (χ1n) is 5.07. The van der Waals surface area contributed by atoms with Gasteiger partial charge in [0.1, 0.15) is 12.2 Å². The van der Waals surface area contributed by atoms with Gasteiger partial charge in [-0.15, -0.1) is 0 Å². The second-order valence-electron chi connectivity index (χ2n) is 3.70. The van der Waals surface area contributed by atoms with Crippen LogP contribution < -0.4 is 16.6 Å². The SMILES string of the molecule is CN/C=C(\NN)C1CC1C(=O)CC(=O)OC. The lowest BCUT2D eigenvalue weighted by atomic mass is 10.1. The molecule has 0 amide bonds. The Morgan fingerprint density at radius 3 is 2.69 bits per heavy atom. The number of rotatable bonds is 6. The number of ether oxygens (including phenoxy) is 1. The topological polar surface area (TPSA) is 93.5 Å². The lowest BCUT2D eigenvalue weighted by Crippen LogP contribution is -2.25. The largest absolute Gasteiger partial charge is 0.469 e. The molecule has 1 fully saturated rings. The molecule has 0 aliphatic heterocycles. The molecule has 16 heavy (non-hydrogen) atoms. The van der Waals surface area contributed by atoms with E-state index in [-0.39, 0.29) is 24.0 Å². The summed E-state index contributed by atoms with van der Waals surface area (Å²) in [7, 11) is 3.03. The van der Waals surface area contributed by atoms with E-state index in [1.165, 1.54) is 7.11 Å². The van der Waals surface area contributed by atoms with Crippen LogP contribution in [0.5, 0.6) is 0 Å². The summed E-state index contributed by atoms with van der Waals surface area (Å²) in [5.74, 6) is 4.73. The van der Waals surface area contributed by atoms with Gasteiger partial charge in [-0.3, -0.25) is 15.4 Å². The van der Waals surface area contributed by atoms with Crippen LogP contribution in [0.25, 0.3) is 0 Å². The molecule has 90 valence electrons. The van der Waals surface area contributed by atoms with Gasteiger partial charge in [0.2, 0.25) is 0 Å². The number of hydrogen-bond acceptors (Lipinski definition) is 6. The minimum absolute atomic E-state index is 0.0888. The molecule has 0 heterocycles. The number of Topliss-reactive ketones (excluding diaryl/α,β-unsaturated/α-hetero) is 1. The number of allylic oxidation sites excluding steroid dienone is 1. The van der Waals surface area contributed by atoms with Gasteiger partial charge in [-0.05, 0) is 6.42 Å². The highest BCUT2D eigenvalue weighted by Gasteiger charge is 2.45. The number of carbonyl (C=O) groups excluding carboxylic acids is 2. The van der Waals surface area contributed by atoms with Crippen LogP contribution in [0.1, 0.15) is 12.8 Å². The molecule has 6 nitrogen and oxygen atoms in total. The van der Waals surface area contributed by atoms with Crippen molar-refractivity contribution in [1.29, 1.82) is 0 Å². The zero-order chi connectivity index (χ0) is 12.1. The van der Waals surface area contributed by atoms with Crippen molar-refractivity contribution < 1.29 is 14.3 Å². The maximum atomic E-state index is 11.6. The molecular weight excluding hydrogens is 210 g/mol. The average molecular weight is 227 g/mol. The molecule has 2 unspecified atom stereocenters. The Kier molecular flexibility index (Phi) is 4.30. The Morgan fingerprint density at radius 2 is 2.19 bits per heavy atom. The lowest BCUT2D eigenvalue weighted by Gasteiger charge is -2.05. The number of nitrogens with one attached hydrogen (secondary N) is 2. The van der Waals surface area contributed by atoms with Crippen molar-refractivity contribution in [2.75, 3.05) is 14.2 Å². The maximum absolute atomic E-state index is 11.6. The van der Waals surface area contributed by atoms with Crippen LogP contribution in [0.15, 0.2) is 11.9 Å². The minimum atomic E-state index is -0.490. The Morgan fingerprint density at radius 1 is 1.50 bits per heavy atom. The molecule has 0 aromatic rings. The smallest absolute Gasteiger partial charge is 0.313 e. The maximum Gasteiger partial charge on any atom is 0.313 e. The summed E-state index contributed by atoms with van der Waals surface area (Å²) in [6, 6.07) is 0. The number of ketones is 1. The van der Waals surface area contributed by atoms with Crippen LogP contribution in [-0.4, -0.2) is 25.9 Å². The van der Waals surface area contributed by atoms with E-state index >= 15 is 0 Å². The fourth-order valence-corrected chi connectivity index (χ4v) is 1.65. The molecule has 1 rings (SSSR count). The summed E-state index contributed by atoms with van der Waals surface area (Å²) >= 11 is 0. The zero-order valence-corrected chi connectivity index (χ0v) is 9.45. The van der Waals surface area contributed by atoms with Crippen LogP contribution in [-0.2, 0) is 14.3 Å². The van der Waals surface area contributed by atoms with Gasteiger partial charge in [-0.2, -0.15) is 0 Å². The Balaban J connectivity index is 2.46. The van der Waals surface area contributed by atoms with Crippen molar-refractivity contribution in [2.24, 2.45) is 17.7 Å². The molecule has 0 spiro atoms. The predicted octanol–water partition coefficient (Wildman–Crippen LogP) is -0.721. The monoisotopic (exact) mass is 227 g/mol. The first kappa shape index (κ1) is 12.5. The number of esters is 1. The minimum Gasteiger partial charge on any atom is -0.469 e. The van der Waals surface area contributed by atoms with E-state index in [0.29, 0.717) is 0 Å². The fraction of sp³-hybridized carbons (Fsp3) is 0.600. The number of nitrogens with two attached hydrogens (primary N) is 1. The fourth-order valence-electron chi connectivity index (χ4n) is 1.65. The van der Waals surface area contributed by atoms with Gasteiger partial charge >= 0.3 is 5.97 Å². The van der Waals surface area contributed by atoms with Gasteiger partial charge in [0.15, 0.2) is 0 Å². The Hall–Kier alpha value is -1.56. The molecule has 0 saturated heterocycles. The van der Waals surface area contributed by atoms with Crippen molar-refractivity contribution in [1.82, 2.24) is 10.7 Å². The number of methoxy groups -OCH3 is 1. The van der Waals surface area contributed by atoms with Crippen molar-refractivity contribution in [2.45, 2.75) is 12.8 Å². The first-order chi connectivity index (χ1) is 7.63. The van der Waals surface area contributed by atoms with Gasteiger partial charge in [0, 0.05) is 30.8 Å². The molecule has 4 N–H and O–H groups in total. The van der Waals surface area contributed by atoms with Crippen LogP contribution in [0, 0.1) is 11.8 Å². The van der Waals surface area contributed by atoms with Crippen LogP contribution in [0.4, 0.5) is 0 Å². The van der Waals surface area contributed by atoms with Crippen LogP contribution >= 0.6 is 0 Å². The summed E-state index contributed by atoms with van der Waals surface area (Å²) < 4.78 is 4.44. The Bertz CT molecular complexity index is 314. The van der Waals surface area contributed by atoms with E-state index in [1.807, 2.05) is 0 Å². The first-order valence-corrected chi connectivity index (χ1v) is 5.07. The highest BCUT2D eigenvalue weighted by atomic mass is 16.5. The molecule has 1 aliphatic rings. The molecule has 1 aliphatic carbocycles. The summed E-state index contributed by atoms with van der Waals surface area (Å²) in [4.78, 5) is 22.5. The van der Waals surface area contributed by atoms with Gasteiger partial charge < -0.3 is 15.5 Å². The predicted molar refractivity (Wildman–Crippen MR) is 57.7 cm³/mol. The van der Waals surface area contributed by atoms with E-state index in [0.717, 1.165) is 12.1 Å². The lowest BCUT2D eigenvalue weighted by molar-refractivity contribution is -0.143. The number of hydrogen-bond donors (Lipinski definition) is 3. The molecule has 2 atom stereocenters. The van der Waals surface area contributed by atoms with Gasteiger partial charge in [0.05, 0.1) is 7.11 Å². The second kappa shape index (κ2) is 5.50. The molecule has 0 radical (unpaired) electrons. The number of carbonyl (C=O) groups is 2. The van der Waals surface area contributed by atoms with E-state index in [9.17, 15) is 9.59 Å². The quantitative estimate of drug-likeness (QED) is 0.240. The summed E-state index contributed by atoms with van der Waals surface area (Å²) in [6.07, 6.45) is 2.29. The van der Waals surface area contributed by atoms with E-state index < -0.39 is 5.97 Å². The molecule has 6 heteroatoms. The van der Waals surface area contributed by atoms with Gasteiger partial charge in [0.25, 0.3) is 0 Å². The van der Waals surface area contributed by atoms with E-state index in [2.05, 4.69) is 15.5 Å². The molecule has 0 aromatic heterocycles. The highest BCUT2D eigenvalue weighted by Crippen LogP contribution is 2.44. The standard InChI is InChI=1S/C10H17N3O3/c1-12-5-8(13-11)6-3-7(6)9(14)4-10(15)16-2/h5-7,12-13H,3-4,11H2,1-2H3/b8-5-. The molecule has 1 saturated carbocycles. The average Bonchev–Trinajstić information content (AvgIpc) is 3.05. The van der Waals surface area contributed by atoms with E-state index in [1.54, 1.807) is 13.2 Å². The summed E-state index contributed by atoms with van der Waals surface area (Å²) in [5, 5.41) is 2.84. The molecule has 0 aromatic carbocycles. The highest BCUT2D eigenvalue weighted by molar-refractivity contribution is 5.98. The third-order valence-corrected chi connectivity index (χ3v) is 2.62. The Labute approximate surface area is 94.2 Å². The van der Waals surface area contributed by atoms with Crippen molar-refractivity contribution in [3.63, 3.8) is 0 Å². The van der Waals surface area contributed by atoms with Crippen LogP contribution in [0.2, 0.25) is 0 Å². The summed E-state index contributed by atoms with van der Waals surface area (Å²) in [5.41, 5.74) is 3.33. The van der Waals surface area contributed by atoms with Gasteiger partial charge in [-0.25, -0.2) is 0 Å². The zero-order valence-electron chi connectivity index (χ0n) is 9.45. The van der Waals surface area contributed by atoms with Crippen LogP contribution in [0.3, 0.4) is 0 Å². The summed E-state index contributed by atoms with van der Waals surface area (Å²) in [6.45, 7) is 0. The van der Waals surface area contributed by atoms with Gasteiger partial charge in [-0.1, -0.05) is 0 Å². The van der Waals surface area contributed by atoms with Crippen molar-refractivity contribution in [3.8, 4) is 0 Å². The van der Waals surface area contributed by atoms with Crippen molar-refractivity contribution in [3.05, 3.63) is 11.9 Å². The van der Waals surface area contributed by atoms with Crippen molar-refractivity contribution >= 4 is 11.8 Å². The third-order valence-electron chi connectivity index (χ3n) is 2.62. The molecular formula is C10H17N3O3. The molecule has 0 bridgehead atoms. The normalized spacial score (nSPS) is 23.6.